The van der Waals surface area contributed by atoms with Gasteiger partial charge in [-0.05, 0) is 6.07 Å². The molecule has 1 fully saturated rings. The molecule has 104 valence electrons. The van der Waals surface area contributed by atoms with Gasteiger partial charge in [0.05, 0.1) is 6.10 Å². The van der Waals surface area contributed by atoms with Crippen molar-refractivity contribution < 1.29 is 9.90 Å². The van der Waals surface area contributed by atoms with Crippen LogP contribution in [-0.4, -0.2) is 53.5 Å². The van der Waals surface area contributed by atoms with Gasteiger partial charge in [-0.15, -0.1) is 0 Å². The zero-order valence-electron chi connectivity index (χ0n) is 11.1. The van der Waals surface area contributed by atoms with Gasteiger partial charge in [0.1, 0.15) is 0 Å². The topological polar surface area (TPSA) is 43.8 Å². The van der Waals surface area contributed by atoms with Crippen molar-refractivity contribution in [1.29, 1.82) is 0 Å². The molecule has 0 radical (unpaired) electrons. The van der Waals surface area contributed by atoms with Crippen molar-refractivity contribution in [2.75, 3.05) is 32.7 Å². The standard InChI is InChI=1S/C14H19ClN2O2/c1-11(18)17-8-6-16(7-9-17)10-14(19)12-4-2-3-5-13(12)15/h2-5,14,19H,6-10H2,1H3/t14-/m1/s1. The largest absolute Gasteiger partial charge is 0.387 e. The lowest BCUT2D eigenvalue weighted by molar-refractivity contribution is -0.130. The molecule has 1 saturated heterocycles. The van der Waals surface area contributed by atoms with Crippen LogP contribution < -0.4 is 0 Å². The highest BCUT2D eigenvalue weighted by Crippen LogP contribution is 2.23. The molecule has 2 rings (SSSR count). The number of nitrogens with zero attached hydrogens (tertiary/aromatic N) is 2. The molecule has 0 unspecified atom stereocenters. The average molecular weight is 283 g/mol. The summed E-state index contributed by atoms with van der Waals surface area (Å²) in [6, 6.07) is 7.36. The molecule has 0 aliphatic carbocycles. The number of hydrogen-bond acceptors (Lipinski definition) is 3. The molecule has 0 aromatic heterocycles. The van der Waals surface area contributed by atoms with Crippen LogP contribution in [0.5, 0.6) is 0 Å². The minimum Gasteiger partial charge on any atom is -0.387 e. The second kappa shape index (κ2) is 6.37. The number of benzene rings is 1. The number of halogens is 1. The maximum Gasteiger partial charge on any atom is 0.219 e. The first kappa shape index (κ1) is 14.3. The summed E-state index contributed by atoms with van der Waals surface area (Å²) in [5.41, 5.74) is 0.762. The van der Waals surface area contributed by atoms with Gasteiger partial charge in [0.15, 0.2) is 0 Å². The first-order chi connectivity index (χ1) is 9.08. The molecule has 0 bridgehead atoms. The molecule has 19 heavy (non-hydrogen) atoms. The first-order valence-corrected chi connectivity index (χ1v) is 6.86. The number of carbonyl (C=O) groups excluding carboxylic acids is 1. The fraction of sp³-hybridized carbons (Fsp3) is 0.500. The smallest absolute Gasteiger partial charge is 0.219 e. The number of rotatable bonds is 3. The Morgan fingerprint density at radius 2 is 1.95 bits per heavy atom. The molecule has 1 heterocycles. The van der Waals surface area contributed by atoms with Crippen molar-refractivity contribution in [3.8, 4) is 0 Å². The average Bonchev–Trinajstić information content (AvgIpc) is 2.39. The molecule has 4 nitrogen and oxygen atoms in total. The van der Waals surface area contributed by atoms with Gasteiger partial charge in [-0.2, -0.15) is 0 Å². The molecule has 1 aliphatic heterocycles. The highest BCUT2D eigenvalue weighted by molar-refractivity contribution is 6.31. The Kier molecular flexibility index (Phi) is 4.80. The summed E-state index contributed by atoms with van der Waals surface area (Å²) in [6.45, 7) is 5.18. The zero-order valence-corrected chi connectivity index (χ0v) is 11.8. The molecule has 1 N–H and O–H groups in total. The zero-order chi connectivity index (χ0) is 13.8. The maximum atomic E-state index is 11.2. The van der Waals surface area contributed by atoms with E-state index in [9.17, 15) is 9.90 Å². The van der Waals surface area contributed by atoms with Crippen molar-refractivity contribution in [3.63, 3.8) is 0 Å². The molecular formula is C14H19ClN2O2. The second-order valence-corrected chi connectivity index (χ2v) is 5.25. The van der Waals surface area contributed by atoms with Crippen LogP contribution in [0.1, 0.15) is 18.6 Å². The summed E-state index contributed by atoms with van der Waals surface area (Å²) in [5.74, 6) is 0.117. The number of β-amino-alcohol motifs (C(OH)–C–C–N with tert-alkyl or cyclic N) is 1. The van der Waals surface area contributed by atoms with Crippen LogP contribution in [0.25, 0.3) is 0 Å². The lowest BCUT2D eigenvalue weighted by atomic mass is 10.1. The monoisotopic (exact) mass is 282 g/mol. The Morgan fingerprint density at radius 1 is 1.32 bits per heavy atom. The Hall–Kier alpha value is -1.10. The third-order valence-electron chi connectivity index (χ3n) is 3.51. The van der Waals surface area contributed by atoms with Crippen molar-refractivity contribution in [3.05, 3.63) is 34.9 Å². The third kappa shape index (κ3) is 3.69. The predicted octanol–water partition coefficient (Wildman–Crippen LogP) is 1.54. The summed E-state index contributed by atoms with van der Waals surface area (Å²) in [5, 5.41) is 10.8. The van der Waals surface area contributed by atoms with Gasteiger partial charge < -0.3 is 10.0 Å². The molecule has 1 aliphatic rings. The van der Waals surface area contributed by atoms with Gasteiger partial charge in [0.2, 0.25) is 5.91 Å². The molecule has 0 saturated carbocycles. The molecule has 1 atom stereocenters. The van der Waals surface area contributed by atoms with Crippen molar-refractivity contribution in [2.45, 2.75) is 13.0 Å². The second-order valence-electron chi connectivity index (χ2n) is 4.84. The van der Waals surface area contributed by atoms with Gasteiger partial charge in [0.25, 0.3) is 0 Å². The van der Waals surface area contributed by atoms with E-state index < -0.39 is 6.10 Å². The molecule has 1 aromatic rings. The van der Waals surface area contributed by atoms with E-state index in [0.717, 1.165) is 31.7 Å². The number of amides is 1. The van der Waals surface area contributed by atoms with Crippen LogP contribution in [0, 0.1) is 0 Å². The first-order valence-electron chi connectivity index (χ1n) is 6.48. The van der Waals surface area contributed by atoms with E-state index in [2.05, 4.69) is 4.90 Å². The number of aliphatic hydroxyl groups excluding tert-OH is 1. The molecule has 0 spiro atoms. The van der Waals surface area contributed by atoms with Crippen LogP contribution in [-0.2, 0) is 4.79 Å². The third-order valence-corrected chi connectivity index (χ3v) is 3.86. The Bertz CT molecular complexity index is 445. The Balaban J connectivity index is 1.89. The van der Waals surface area contributed by atoms with Crippen molar-refractivity contribution >= 4 is 17.5 Å². The van der Waals surface area contributed by atoms with Gasteiger partial charge in [-0.1, -0.05) is 29.8 Å². The molecule has 1 amide bonds. The van der Waals surface area contributed by atoms with Crippen LogP contribution in [0.3, 0.4) is 0 Å². The van der Waals surface area contributed by atoms with Gasteiger partial charge in [0, 0.05) is 50.2 Å². The summed E-state index contributed by atoms with van der Waals surface area (Å²) < 4.78 is 0. The SMILES string of the molecule is CC(=O)N1CCN(C[C@@H](O)c2ccccc2Cl)CC1. The van der Waals surface area contributed by atoms with E-state index in [1.165, 1.54) is 0 Å². The summed E-state index contributed by atoms with van der Waals surface area (Å²) >= 11 is 6.07. The molecule has 1 aromatic carbocycles. The highest BCUT2D eigenvalue weighted by Gasteiger charge is 2.21. The van der Waals surface area contributed by atoms with E-state index in [0.29, 0.717) is 11.6 Å². The van der Waals surface area contributed by atoms with E-state index in [1.807, 2.05) is 23.1 Å². The van der Waals surface area contributed by atoms with Crippen LogP contribution in [0.2, 0.25) is 5.02 Å². The van der Waals surface area contributed by atoms with Gasteiger partial charge >= 0.3 is 0 Å². The van der Waals surface area contributed by atoms with Crippen molar-refractivity contribution in [1.82, 2.24) is 9.80 Å². The lowest BCUT2D eigenvalue weighted by Crippen LogP contribution is -2.48. The number of hydrogen-bond donors (Lipinski definition) is 1. The summed E-state index contributed by atoms with van der Waals surface area (Å²) in [4.78, 5) is 15.2. The van der Waals surface area contributed by atoms with Gasteiger partial charge in [-0.3, -0.25) is 9.69 Å². The fourth-order valence-electron chi connectivity index (χ4n) is 2.33. The molecule has 5 heteroatoms. The van der Waals surface area contributed by atoms with Gasteiger partial charge in [-0.25, -0.2) is 0 Å². The van der Waals surface area contributed by atoms with Crippen LogP contribution in [0.4, 0.5) is 0 Å². The van der Waals surface area contributed by atoms with E-state index >= 15 is 0 Å². The van der Waals surface area contributed by atoms with E-state index in [-0.39, 0.29) is 5.91 Å². The minimum absolute atomic E-state index is 0.117. The Morgan fingerprint density at radius 3 is 2.53 bits per heavy atom. The summed E-state index contributed by atoms with van der Waals surface area (Å²) in [6.07, 6.45) is -0.586. The minimum atomic E-state index is -0.586. The van der Waals surface area contributed by atoms with Crippen LogP contribution >= 0.6 is 11.6 Å². The predicted molar refractivity (Wildman–Crippen MR) is 75.1 cm³/mol. The quantitative estimate of drug-likeness (QED) is 0.915. The lowest BCUT2D eigenvalue weighted by Gasteiger charge is -2.35. The highest BCUT2D eigenvalue weighted by atomic mass is 35.5. The summed E-state index contributed by atoms with van der Waals surface area (Å²) in [7, 11) is 0. The molecular weight excluding hydrogens is 264 g/mol. The maximum absolute atomic E-state index is 11.2. The Labute approximate surface area is 118 Å². The number of carbonyl (C=O) groups is 1. The van der Waals surface area contributed by atoms with Crippen molar-refractivity contribution in [2.24, 2.45) is 0 Å². The van der Waals surface area contributed by atoms with E-state index in [4.69, 9.17) is 11.6 Å². The van der Waals surface area contributed by atoms with Crippen LogP contribution in [0.15, 0.2) is 24.3 Å². The fourth-order valence-corrected chi connectivity index (χ4v) is 2.60. The number of aliphatic hydroxyl groups is 1. The normalized spacial score (nSPS) is 18.4. The van der Waals surface area contributed by atoms with E-state index in [1.54, 1.807) is 13.0 Å². The number of piperazine rings is 1.